The second kappa shape index (κ2) is 12.4. The molecule has 0 aromatic heterocycles. The summed E-state index contributed by atoms with van der Waals surface area (Å²) in [6, 6.07) is 0. The summed E-state index contributed by atoms with van der Waals surface area (Å²) in [5.74, 6) is 0. The summed E-state index contributed by atoms with van der Waals surface area (Å²) in [5, 5.41) is 0. The van der Waals surface area contributed by atoms with Gasteiger partial charge >= 0.3 is 18.2 Å². The molecule has 14 heavy (non-hydrogen) atoms. The van der Waals surface area contributed by atoms with Gasteiger partial charge in [-0.05, 0) is 27.2 Å². The molecule has 0 aliphatic carbocycles. The molecule has 83 valence electrons. The lowest BCUT2D eigenvalue weighted by Crippen LogP contribution is -2.19. The van der Waals surface area contributed by atoms with Gasteiger partial charge in [0.2, 0.25) is 0 Å². The van der Waals surface area contributed by atoms with E-state index in [2.05, 4.69) is 27.7 Å². The van der Waals surface area contributed by atoms with Crippen molar-refractivity contribution in [2.24, 2.45) is 0 Å². The maximum absolute atomic E-state index is 5.56. The van der Waals surface area contributed by atoms with Crippen LogP contribution in [0.5, 0.6) is 0 Å². The van der Waals surface area contributed by atoms with Crippen LogP contribution in [-0.2, 0) is 4.74 Å². The Morgan fingerprint density at radius 1 is 1.14 bits per heavy atom. The van der Waals surface area contributed by atoms with Gasteiger partial charge in [-0.3, -0.25) is 0 Å². The van der Waals surface area contributed by atoms with Crippen LogP contribution in [0.4, 0.5) is 0 Å². The maximum atomic E-state index is 5.56. The van der Waals surface area contributed by atoms with Crippen molar-refractivity contribution < 1.29 is 4.74 Å². The van der Waals surface area contributed by atoms with Gasteiger partial charge in [0.05, 0.1) is 5.60 Å². The Morgan fingerprint density at radius 3 is 2.00 bits per heavy atom. The summed E-state index contributed by atoms with van der Waals surface area (Å²) in [5.41, 5.74) is 0.0322. The van der Waals surface area contributed by atoms with E-state index in [1.165, 1.54) is 19.3 Å². The number of hydrogen-bond acceptors (Lipinski definition) is 1. The van der Waals surface area contributed by atoms with E-state index in [9.17, 15) is 0 Å². The Bertz CT molecular complexity index is 105. The summed E-state index contributed by atoms with van der Waals surface area (Å²) in [4.78, 5) is 0. The van der Waals surface area contributed by atoms with Crippen molar-refractivity contribution in [3.63, 3.8) is 0 Å². The number of unbranched alkanes of at least 4 members (excludes halogenated alkanes) is 3. The monoisotopic (exact) mass is 251 g/mol. The normalized spacial score (nSPS) is 10.1. The van der Waals surface area contributed by atoms with Crippen molar-refractivity contribution in [1.82, 2.24) is 0 Å². The van der Waals surface area contributed by atoms with Gasteiger partial charge in [0.25, 0.3) is 0 Å². The van der Waals surface area contributed by atoms with Crippen molar-refractivity contribution in [2.75, 3.05) is 6.61 Å². The van der Waals surface area contributed by atoms with Crippen LogP contribution in [0.15, 0.2) is 0 Å². The second-order valence-electron chi connectivity index (χ2n) is 3.98. The summed E-state index contributed by atoms with van der Waals surface area (Å²) in [6.45, 7) is 11.0. The molecular formula is C10H21Cl2MgO. The highest BCUT2D eigenvalue weighted by molar-refractivity contribution is 7.22. The van der Waals surface area contributed by atoms with Gasteiger partial charge in [-0.1, -0.05) is 26.2 Å². The average molecular weight is 252 g/mol. The largest absolute Gasteiger partial charge is 0.618 e. The van der Waals surface area contributed by atoms with Gasteiger partial charge in [-0.25, -0.2) is 0 Å². The fourth-order valence-corrected chi connectivity index (χ4v) is 0.834. The molecule has 0 unspecified atom stereocenters. The third-order valence-electron chi connectivity index (χ3n) is 1.43. The third-order valence-corrected chi connectivity index (χ3v) is 1.43. The minimum atomic E-state index is -0.639. The summed E-state index contributed by atoms with van der Waals surface area (Å²) in [7, 11) is 9.81. The Morgan fingerprint density at radius 2 is 1.64 bits per heavy atom. The van der Waals surface area contributed by atoms with Gasteiger partial charge in [0.1, 0.15) is 0 Å². The molecule has 0 saturated heterocycles. The van der Waals surface area contributed by atoms with Crippen LogP contribution in [0.25, 0.3) is 0 Å². The molecule has 0 bridgehead atoms. The number of rotatable bonds is 5. The Balaban J connectivity index is 0. The first-order valence-corrected chi connectivity index (χ1v) is 9.30. The zero-order chi connectivity index (χ0) is 11.4. The minimum Gasteiger partial charge on any atom is -0.376 e. The van der Waals surface area contributed by atoms with E-state index in [-0.39, 0.29) is 5.60 Å². The molecule has 0 fully saturated rings. The molecule has 0 aromatic rings. The first-order valence-electron chi connectivity index (χ1n) is 5.03. The van der Waals surface area contributed by atoms with Crippen LogP contribution >= 0.6 is 18.1 Å². The fraction of sp³-hybridized carbons (Fsp3) is 0.900. The molecule has 0 rings (SSSR count). The molecular weight excluding hydrogens is 231 g/mol. The van der Waals surface area contributed by atoms with E-state index in [0.29, 0.717) is 0 Å². The molecule has 0 spiro atoms. The van der Waals surface area contributed by atoms with Gasteiger partial charge in [-0.2, -0.15) is 0 Å². The second-order valence-corrected chi connectivity index (χ2v) is 6.60. The SMILES string of the molecule is [CH2]CCCCCOC(C)(C)C.[Cl][Mg][Cl]. The van der Waals surface area contributed by atoms with Crippen LogP contribution in [0.2, 0.25) is 0 Å². The Kier molecular flexibility index (Phi) is 15.6. The zero-order valence-corrected chi connectivity index (χ0v) is 12.5. The first kappa shape index (κ1) is 17.7. The van der Waals surface area contributed by atoms with Gasteiger partial charge in [0, 0.05) is 6.61 Å². The lowest BCUT2D eigenvalue weighted by molar-refractivity contribution is -0.00468. The summed E-state index contributed by atoms with van der Waals surface area (Å²) < 4.78 is 5.56. The van der Waals surface area contributed by atoms with Crippen molar-refractivity contribution in [3.8, 4) is 0 Å². The van der Waals surface area contributed by atoms with Crippen LogP contribution < -0.4 is 0 Å². The molecule has 1 radical (unpaired) electrons. The van der Waals surface area contributed by atoms with E-state index >= 15 is 0 Å². The predicted octanol–water partition coefficient (Wildman–Crippen LogP) is 4.19. The van der Waals surface area contributed by atoms with Gasteiger partial charge < -0.3 is 22.9 Å². The number of ether oxygens (including phenoxy) is 1. The summed E-state index contributed by atoms with van der Waals surface area (Å²) >= 11 is -0.639. The first-order chi connectivity index (χ1) is 6.47. The zero-order valence-electron chi connectivity index (χ0n) is 9.61. The number of hydrogen-bond donors (Lipinski definition) is 0. The molecule has 0 aliphatic rings. The van der Waals surface area contributed by atoms with Crippen LogP contribution in [0, 0.1) is 6.92 Å². The van der Waals surface area contributed by atoms with Crippen LogP contribution in [0.1, 0.15) is 46.5 Å². The standard InChI is InChI=1S/C10H21O.2ClH.Mg/c1-5-6-7-8-9-11-10(2,3)4;;;/h1,5-9H2,2-4H3;2*1H;/q;;;+2/p-2. The third kappa shape index (κ3) is 23.3. The minimum absolute atomic E-state index is 0.0322. The lowest BCUT2D eigenvalue weighted by atomic mass is 10.2. The number of halogens is 2. The van der Waals surface area contributed by atoms with E-state index in [1.807, 2.05) is 0 Å². The molecule has 0 aliphatic heterocycles. The lowest BCUT2D eigenvalue weighted by Gasteiger charge is -2.19. The van der Waals surface area contributed by atoms with Crippen LogP contribution in [0.3, 0.4) is 0 Å². The molecule has 0 amide bonds. The summed E-state index contributed by atoms with van der Waals surface area (Å²) in [6.07, 6.45) is 4.70. The van der Waals surface area contributed by atoms with Gasteiger partial charge in [-0.15, -0.1) is 0 Å². The molecule has 0 N–H and O–H groups in total. The van der Waals surface area contributed by atoms with Crippen LogP contribution in [-0.4, -0.2) is 30.4 Å². The molecule has 0 saturated carbocycles. The molecule has 4 heteroatoms. The highest BCUT2D eigenvalue weighted by atomic mass is 35.6. The predicted molar refractivity (Wildman–Crippen MR) is 67.0 cm³/mol. The topological polar surface area (TPSA) is 9.23 Å². The maximum Gasteiger partial charge on any atom is 0.618 e. The molecule has 0 atom stereocenters. The molecule has 0 aromatic carbocycles. The van der Waals surface area contributed by atoms with E-state index < -0.39 is 18.2 Å². The molecule has 0 heterocycles. The molecule has 1 nitrogen and oxygen atoms in total. The quantitative estimate of drug-likeness (QED) is 0.526. The van der Waals surface area contributed by atoms with Crippen molar-refractivity contribution in [1.29, 1.82) is 0 Å². The smallest absolute Gasteiger partial charge is 0.376 e. The fourth-order valence-electron chi connectivity index (χ4n) is 0.834. The highest BCUT2D eigenvalue weighted by Gasteiger charge is 2.08. The van der Waals surface area contributed by atoms with Crippen molar-refractivity contribution in [2.45, 2.75) is 52.1 Å². The Labute approximate surface area is 106 Å². The van der Waals surface area contributed by atoms with Crippen molar-refractivity contribution >= 4 is 36.3 Å². The van der Waals surface area contributed by atoms with E-state index in [1.54, 1.807) is 0 Å². The van der Waals surface area contributed by atoms with E-state index in [0.717, 1.165) is 13.0 Å². The average Bonchev–Trinajstić information content (AvgIpc) is 2.03. The van der Waals surface area contributed by atoms with E-state index in [4.69, 9.17) is 22.9 Å². The Hall–Kier alpha value is 1.31. The highest BCUT2D eigenvalue weighted by Crippen LogP contribution is 2.08. The van der Waals surface area contributed by atoms with Gasteiger partial charge in [0.15, 0.2) is 0 Å². The van der Waals surface area contributed by atoms with Crippen molar-refractivity contribution in [3.05, 3.63) is 6.92 Å².